The number of amides is 2. The van der Waals surface area contributed by atoms with Crippen LogP contribution in [0.25, 0.3) is 0 Å². The number of fused-ring (bicyclic) bond motifs is 1. The SMILES string of the molecule is CCCCCCOc1ccc(C(=O)ON2C(=O)c3ccccc3C2=O)cc1. The van der Waals surface area contributed by atoms with Crippen LogP contribution in [0.2, 0.25) is 0 Å². The lowest BCUT2D eigenvalue weighted by molar-refractivity contribution is -0.0584. The minimum Gasteiger partial charge on any atom is -0.494 e. The third-order valence-corrected chi connectivity index (χ3v) is 4.29. The summed E-state index contributed by atoms with van der Waals surface area (Å²) in [6.07, 6.45) is 4.47. The Hall–Kier alpha value is -3.15. The van der Waals surface area contributed by atoms with Gasteiger partial charge in [-0.3, -0.25) is 9.59 Å². The van der Waals surface area contributed by atoms with Crippen molar-refractivity contribution in [1.29, 1.82) is 0 Å². The molecule has 2 aromatic rings. The molecule has 2 aromatic carbocycles. The summed E-state index contributed by atoms with van der Waals surface area (Å²) in [5.74, 6) is -1.41. The van der Waals surface area contributed by atoms with Gasteiger partial charge in [0.2, 0.25) is 0 Å². The molecule has 0 bridgehead atoms. The first kappa shape index (κ1) is 18.6. The van der Waals surface area contributed by atoms with Gasteiger partial charge in [0.25, 0.3) is 11.8 Å². The quantitative estimate of drug-likeness (QED) is 0.521. The monoisotopic (exact) mass is 367 g/mol. The maximum absolute atomic E-state index is 12.3. The van der Waals surface area contributed by atoms with Gasteiger partial charge in [0, 0.05) is 0 Å². The normalized spacial score (nSPS) is 12.9. The van der Waals surface area contributed by atoms with Gasteiger partial charge in [0.15, 0.2) is 0 Å². The molecule has 0 saturated carbocycles. The van der Waals surface area contributed by atoms with Gasteiger partial charge >= 0.3 is 5.97 Å². The number of nitrogens with zero attached hydrogens (tertiary/aromatic N) is 1. The zero-order chi connectivity index (χ0) is 19.2. The summed E-state index contributed by atoms with van der Waals surface area (Å²) in [6, 6.07) is 12.8. The summed E-state index contributed by atoms with van der Waals surface area (Å²) >= 11 is 0. The average Bonchev–Trinajstić information content (AvgIpc) is 2.93. The summed E-state index contributed by atoms with van der Waals surface area (Å²) in [5, 5.41) is 0.505. The number of carbonyl (C=O) groups is 3. The number of rotatable bonds is 8. The molecule has 27 heavy (non-hydrogen) atoms. The van der Waals surface area contributed by atoms with Crippen LogP contribution in [0, 0.1) is 0 Å². The summed E-state index contributed by atoms with van der Waals surface area (Å²) in [6.45, 7) is 2.78. The molecule has 0 aliphatic carbocycles. The number of benzene rings is 2. The van der Waals surface area contributed by atoms with Gasteiger partial charge in [-0.15, -0.1) is 0 Å². The minimum absolute atomic E-state index is 0.224. The Morgan fingerprint density at radius 3 is 2.11 bits per heavy atom. The highest BCUT2D eigenvalue weighted by Gasteiger charge is 2.38. The van der Waals surface area contributed by atoms with E-state index in [0.717, 1.165) is 12.8 Å². The van der Waals surface area contributed by atoms with Crippen LogP contribution in [-0.4, -0.2) is 29.5 Å². The molecular weight excluding hydrogens is 346 g/mol. The van der Waals surface area contributed by atoms with Crippen molar-refractivity contribution in [2.45, 2.75) is 32.6 Å². The molecule has 6 nitrogen and oxygen atoms in total. The molecule has 6 heteroatoms. The molecular formula is C21H21NO5. The second-order valence-corrected chi connectivity index (χ2v) is 6.26. The van der Waals surface area contributed by atoms with Gasteiger partial charge in [0.1, 0.15) is 5.75 Å². The Bertz CT molecular complexity index is 809. The minimum atomic E-state index is -0.779. The number of unbranched alkanes of at least 4 members (excludes halogenated alkanes) is 3. The number of hydrogen-bond acceptors (Lipinski definition) is 5. The molecule has 0 N–H and O–H groups in total. The number of hydroxylamine groups is 2. The van der Waals surface area contributed by atoms with Crippen molar-refractivity contribution in [2.75, 3.05) is 6.61 Å². The van der Waals surface area contributed by atoms with Crippen molar-refractivity contribution in [3.8, 4) is 5.75 Å². The molecule has 0 aromatic heterocycles. The van der Waals surface area contributed by atoms with Crippen molar-refractivity contribution in [3.05, 3.63) is 65.2 Å². The number of imide groups is 1. The fourth-order valence-corrected chi connectivity index (χ4v) is 2.79. The average molecular weight is 367 g/mol. The highest BCUT2D eigenvalue weighted by atomic mass is 16.7. The van der Waals surface area contributed by atoms with Crippen LogP contribution in [-0.2, 0) is 4.84 Å². The first-order valence-electron chi connectivity index (χ1n) is 9.04. The van der Waals surface area contributed by atoms with Gasteiger partial charge in [0.05, 0.1) is 23.3 Å². The lowest BCUT2D eigenvalue weighted by Crippen LogP contribution is -2.32. The Labute approximate surface area is 157 Å². The van der Waals surface area contributed by atoms with Crippen LogP contribution in [0.3, 0.4) is 0 Å². The molecule has 0 spiro atoms. The summed E-state index contributed by atoms with van der Waals surface area (Å²) < 4.78 is 5.63. The topological polar surface area (TPSA) is 72.9 Å². The van der Waals surface area contributed by atoms with Crippen molar-refractivity contribution in [1.82, 2.24) is 5.06 Å². The standard InChI is InChI=1S/C21H21NO5/c1-2-3-4-7-14-26-16-12-10-15(11-13-16)21(25)27-22-19(23)17-8-5-6-9-18(17)20(22)24/h5-6,8-13H,2-4,7,14H2,1H3. The van der Waals surface area contributed by atoms with Gasteiger partial charge in [-0.2, -0.15) is 0 Å². The summed E-state index contributed by atoms with van der Waals surface area (Å²) in [5.41, 5.74) is 0.675. The van der Waals surface area contributed by atoms with Crippen LogP contribution >= 0.6 is 0 Å². The molecule has 1 aliphatic rings. The molecule has 0 radical (unpaired) electrons. The van der Waals surface area contributed by atoms with E-state index in [1.165, 1.54) is 25.0 Å². The predicted octanol–water partition coefficient (Wildman–Crippen LogP) is 4.01. The van der Waals surface area contributed by atoms with Crippen molar-refractivity contribution in [3.63, 3.8) is 0 Å². The van der Waals surface area contributed by atoms with Crippen molar-refractivity contribution in [2.24, 2.45) is 0 Å². The highest BCUT2D eigenvalue weighted by Crippen LogP contribution is 2.23. The van der Waals surface area contributed by atoms with Gasteiger partial charge in [-0.1, -0.05) is 43.4 Å². The van der Waals surface area contributed by atoms with E-state index in [1.54, 1.807) is 36.4 Å². The maximum Gasteiger partial charge on any atom is 0.363 e. The fourth-order valence-electron chi connectivity index (χ4n) is 2.79. The summed E-state index contributed by atoms with van der Waals surface area (Å²) in [7, 11) is 0. The predicted molar refractivity (Wildman–Crippen MR) is 98.4 cm³/mol. The highest BCUT2D eigenvalue weighted by molar-refractivity contribution is 6.21. The van der Waals surface area contributed by atoms with Crippen LogP contribution in [0.5, 0.6) is 5.75 Å². The molecule has 1 aliphatic heterocycles. The zero-order valence-corrected chi connectivity index (χ0v) is 15.1. The van der Waals surface area contributed by atoms with Gasteiger partial charge in [-0.05, 0) is 42.8 Å². The Morgan fingerprint density at radius 2 is 1.52 bits per heavy atom. The number of ether oxygens (including phenoxy) is 1. The van der Waals surface area contributed by atoms with E-state index in [2.05, 4.69) is 6.92 Å². The van der Waals surface area contributed by atoms with E-state index >= 15 is 0 Å². The number of carbonyl (C=O) groups excluding carboxylic acids is 3. The molecule has 0 fully saturated rings. The van der Waals surface area contributed by atoms with E-state index in [4.69, 9.17) is 9.57 Å². The Morgan fingerprint density at radius 1 is 0.889 bits per heavy atom. The largest absolute Gasteiger partial charge is 0.494 e. The van der Waals surface area contributed by atoms with Crippen LogP contribution < -0.4 is 4.74 Å². The molecule has 0 saturated heterocycles. The first-order chi connectivity index (χ1) is 13.1. The molecule has 0 atom stereocenters. The number of hydrogen-bond donors (Lipinski definition) is 0. The molecule has 0 unspecified atom stereocenters. The molecule has 1 heterocycles. The second kappa shape index (κ2) is 8.49. The van der Waals surface area contributed by atoms with Crippen LogP contribution in [0.15, 0.2) is 48.5 Å². The molecule has 140 valence electrons. The zero-order valence-electron chi connectivity index (χ0n) is 15.1. The van der Waals surface area contributed by atoms with E-state index in [-0.39, 0.29) is 16.7 Å². The molecule has 2 amide bonds. The Kier molecular flexibility index (Phi) is 5.86. The molecule has 3 rings (SSSR count). The lowest BCUT2D eigenvalue weighted by Gasteiger charge is -2.13. The summed E-state index contributed by atoms with van der Waals surface area (Å²) in [4.78, 5) is 41.8. The Balaban J connectivity index is 1.57. The second-order valence-electron chi connectivity index (χ2n) is 6.26. The van der Waals surface area contributed by atoms with Crippen molar-refractivity contribution >= 4 is 17.8 Å². The van der Waals surface area contributed by atoms with E-state index < -0.39 is 17.8 Å². The van der Waals surface area contributed by atoms with E-state index in [0.29, 0.717) is 17.4 Å². The lowest BCUT2D eigenvalue weighted by atomic mass is 10.1. The maximum atomic E-state index is 12.3. The smallest absolute Gasteiger partial charge is 0.363 e. The van der Waals surface area contributed by atoms with Crippen LogP contribution in [0.1, 0.15) is 63.7 Å². The third-order valence-electron chi connectivity index (χ3n) is 4.29. The van der Waals surface area contributed by atoms with Crippen LogP contribution in [0.4, 0.5) is 0 Å². The van der Waals surface area contributed by atoms with Crippen molar-refractivity contribution < 1.29 is 24.0 Å². The fraction of sp³-hybridized carbons (Fsp3) is 0.286. The first-order valence-corrected chi connectivity index (χ1v) is 9.04. The van der Waals surface area contributed by atoms with Gasteiger partial charge < -0.3 is 9.57 Å². The van der Waals surface area contributed by atoms with Gasteiger partial charge in [-0.25, -0.2) is 4.79 Å². The third kappa shape index (κ3) is 4.16. The van der Waals surface area contributed by atoms with E-state index in [1.807, 2.05) is 0 Å². The van der Waals surface area contributed by atoms with E-state index in [9.17, 15) is 14.4 Å².